The molecule has 4 nitrogen and oxygen atoms in total. The third kappa shape index (κ3) is 2.47. The van der Waals surface area contributed by atoms with Crippen LogP contribution in [0.4, 0.5) is 10.1 Å². The number of rotatable bonds is 2. The van der Waals surface area contributed by atoms with E-state index in [2.05, 4.69) is 5.32 Å². The minimum Gasteiger partial charge on any atom is -0.422 e. The second kappa shape index (κ2) is 5.58. The smallest absolute Gasteiger partial charge is 0.345 e. The first kappa shape index (κ1) is 14.6. The van der Waals surface area contributed by atoms with Crippen molar-refractivity contribution in [1.82, 2.24) is 0 Å². The molecule has 118 valence electrons. The van der Waals surface area contributed by atoms with E-state index in [0.717, 1.165) is 5.39 Å². The number of thiophene rings is 1. The van der Waals surface area contributed by atoms with Crippen molar-refractivity contribution in [3.05, 3.63) is 75.7 Å². The van der Waals surface area contributed by atoms with E-state index in [0.29, 0.717) is 26.2 Å². The topological polar surface area (TPSA) is 59.3 Å². The lowest BCUT2D eigenvalue weighted by Gasteiger charge is -2.02. The quantitative estimate of drug-likeness (QED) is 0.551. The van der Waals surface area contributed by atoms with Crippen LogP contribution in [0, 0.1) is 5.82 Å². The van der Waals surface area contributed by atoms with Gasteiger partial charge in [0.1, 0.15) is 11.4 Å². The van der Waals surface area contributed by atoms with Gasteiger partial charge >= 0.3 is 5.63 Å². The van der Waals surface area contributed by atoms with E-state index in [4.69, 9.17) is 4.42 Å². The molecule has 4 rings (SSSR count). The number of hydrogen-bond acceptors (Lipinski definition) is 4. The Kier molecular flexibility index (Phi) is 3.39. The molecular formula is C18H10FNO3S. The summed E-state index contributed by atoms with van der Waals surface area (Å²) >= 11 is 1.23. The van der Waals surface area contributed by atoms with Crippen molar-refractivity contribution in [2.75, 3.05) is 5.32 Å². The molecule has 0 atom stereocenters. The molecule has 2 aromatic heterocycles. The summed E-state index contributed by atoms with van der Waals surface area (Å²) in [5.41, 5.74) is 0.499. The fraction of sp³-hybridized carbons (Fsp3) is 0. The van der Waals surface area contributed by atoms with Gasteiger partial charge < -0.3 is 9.73 Å². The average molecular weight is 339 g/mol. The number of nitrogens with one attached hydrogen (secondary N) is 1. The van der Waals surface area contributed by atoms with E-state index < -0.39 is 5.63 Å². The molecule has 0 aliphatic heterocycles. The number of anilines is 1. The number of benzene rings is 2. The van der Waals surface area contributed by atoms with Crippen LogP contribution in [0.2, 0.25) is 0 Å². The summed E-state index contributed by atoms with van der Waals surface area (Å²) in [6.07, 6.45) is 0. The summed E-state index contributed by atoms with van der Waals surface area (Å²) < 4.78 is 18.9. The number of halogens is 1. The zero-order valence-corrected chi connectivity index (χ0v) is 13.0. The van der Waals surface area contributed by atoms with Crippen molar-refractivity contribution < 1.29 is 13.6 Å². The molecule has 1 N–H and O–H groups in total. The van der Waals surface area contributed by atoms with E-state index in [1.165, 1.54) is 41.7 Å². The van der Waals surface area contributed by atoms with E-state index in [1.54, 1.807) is 12.1 Å². The fourth-order valence-corrected chi connectivity index (χ4v) is 3.55. The van der Waals surface area contributed by atoms with Crippen LogP contribution in [0.1, 0.15) is 9.67 Å². The Morgan fingerprint density at radius 2 is 1.79 bits per heavy atom. The van der Waals surface area contributed by atoms with Gasteiger partial charge in [0, 0.05) is 11.1 Å². The van der Waals surface area contributed by atoms with Crippen LogP contribution in [-0.2, 0) is 0 Å². The van der Waals surface area contributed by atoms with Crippen LogP contribution in [0.15, 0.2) is 63.8 Å². The molecule has 1 amide bonds. The minimum atomic E-state index is -0.471. The Morgan fingerprint density at radius 3 is 2.58 bits per heavy atom. The third-order valence-electron chi connectivity index (χ3n) is 3.61. The van der Waals surface area contributed by atoms with Crippen LogP contribution in [0.5, 0.6) is 0 Å². The van der Waals surface area contributed by atoms with E-state index in [9.17, 15) is 14.0 Å². The van der Waals surface area contributed by atoms with Gasteiger partial charge in [-0.15, -0.1) is 11.3 Å². The highest BCUT2D eigenvalue weighted by Crippen LogP contribution is 2.30. The zero-order chi connectivity index (χ0) is 16.7. The molecule has 0 radical (unpaired) electrons. The lowest BCUT2D eigenvalue weighted by Crippen LogP contribution is -2.10. The fourth-order valence-electron chi connectivity index (χ4n) is 2.48. The summed E-state index contributed by atoms with van der Waals surface area (Å²) in [5.74, 6) is -0.731. The largest absolute Gasteiger partial charge is 0.422 e. The van der Waals surface area contributed by atoms with Crippen LogP contribution in [0.3, 0.4) is 0 Å². The van der Waals surface area contributed by atoms with Crippen LogP contribution < -0.4 is 10.9 Å². The monoisotopic (exact) mass is 339 g/mol. The lowest BCUT2D eigenvalue weighted by molar-refractivity contribution is 0.103. The van der Waals surface area contributed by atoms with Crippen molar-refractivity contribution in [2.45, 2.75) is 0 Å². The summed E-state index contributed by atoms with van der Waals surface area (Å²) in [4.78, 5) is 24.9. The van der Waals surface area contributed by atoms with E-state index in [-0.39, 0.29) is 11.7 Å². The minimum absolute atomic E-state index is 0.355. The summed E-state index contributed by atoms with van der Waals surface area (Å²) in [5, 5.41) is 3.85. The molecule has 2 aromatic carbocycles. The third-order valence-corrected chi connectivity index (χ3v) is 4.78. The van der Waals surface area contributed by atoms with E-state index >= 15 is 0 Å². The molecule has 0 aliphatic rings. The van der Waals surface area contributed by atoms with Gasteiger partial charge in [-0.25, -0.2) is 9.18 Å². The summed E-state index contributed by atoms with van der Waals surface area (Å²) in [6, 6.07) is 14.2. The Morgan fingerprint density at radius 1 is 1.04 bits per heavy atom. The molecule has 0 fully saturated rings. The standard InChI is InChI=1S/C18H10FNO3S/c19-10-5-7-11(8-6-10)20-17(21)15-9-13-16(24-15)12-3-1-2-4-14(12)23-18(13)22/h1-9H,(H,20,21). The molecule has 0 aliphatic carbocycles. The lowest BCUT2D eigenvalue weighted by atomic mass is 10.2. The maximum atomic E-state index is 12.9. The van der Waals surface area contributed by atoms with Crippen LogP contribution in [0.25, 0.3) is 21.1 Å². The summed E-state index contributed by atoms with van der Waals surface area (Å²) in [7, 11) is 0. The number of carbonyl (C=O) groups excluding carboxylic acids is 1. The Balaban J connectivity index is 1.78. The second-order valence-electron chi connectivity index (χ2n) is 5.20. The first-order valence-electron chi connectivity index (χ1n) is 7.14. The number of carbonyl (C=O) groups is 1. The summed E-state index contributed by atoms with van der Waals surface area (Å²) in [6.45, 7) is 0. The Bertz CT molecular complexity index is 1130. The van der Waals surface area contributed by atoms with Gasteiger partial charge in [-0.1, -0.05) is 12.1 Å². The van der Waals surface area contributed by atoms with Crippen molar-refractivity contribution >= 4 is 44.0 Å². The molecule has 0 saturated carbocycles. The van der Waals surface area contributed by atoms with Crippen molar-refractivity contribution in [3.63, 3.8) is 0 Å². The van der Waals surface area contributed by atoms with Crippen molar-refractivity contribution in [3.8, 4) is 0 Å². The molecule has 0 unspecified atom stereocenters. The first-order chi connectivity index (χ1) is 11.6. The maximum absolute atomic E-state index is 12.9. The second-order valence-corrected chi connectivity index (χ2v) is 6.25. The SMILES string of the molecule is O=C(Nc1ccc(F)cc1)c1cc2c(=O)oc3ccccc3c2s1. The van der Waals surface area contributed by atoms with Crippen LogP contribution >= 0.6 is 11.3 Å². The van der Waals surface area contributed by atoms with Gasteiger partial charge in [-0.3, -0.25) is 4.79 Å². The first-order valence-corrected chi connectivity index (χ1v) is 7.96. The molecule has 24 heavy (non-hydrogen) atoms. The molecule has 4 aromatic rings. The van der Waals surface area contributed by atoms with Crippen molar-refractivity contribution in [1.29, 1.82) is 0 Å². The number of fused-ring (bicyclic) bond motifs is 3. The van der Waals surface area contributed by atoms with Crippen molar-refractivity contribution in [2.24, 2.45) is 0 Å². The Labute approximate surface area is 139 Å². The van der Waals surface area contributed by atoms with Gasteiger partial charge in [0.15, 0.2) is 0 Å². The van der Waals surface area contributed by atoms with Gasteiger partial charge in [0.05, 0.1) is 15.0 Å². The number of para-hydroxylation sites is 1. The highest BCUT2D eigenvalue weighted by atomic mass is 32.1. The molecule has 6 heteroatoms. The van der Waals surface area contributed by atoms with Gasteiger partial charge in [0.25, 0.3) is 5.91 Å². The Hall–Kier alpha value is -2.99. The van der Waals surface area contributed by atoms with E-state index in [1.807, 2.05) is 12.1 Å². The average Bonchev–Trinajstić information content (AvgIpc) is 3.03. The predicted molar refractivity (Wildman–Crippen MR) is 92.2 cm³/mol. The maximum Gasteiger partial charge on any atom is 0.345 e. The normalized spacial score (nSPS) is 11.0. The molecule has 0 bridgehead atoms. The number of amides is 1. The van der Waals surface area contributed by atoms with Gasteiger partial charge in [0.2, 0.25) is 0 Å². The van der Waals surface area contributed by atoms with Gasteiger partial charge in [-0.05, 0) is 42.5 Å². The molecule has 2 heterocycles. The van der Waals surface area contributed by atoms with Gasteiger partial charge in [-0.2, -0.15) is 0 Å². The zero-order valence-electron chi connectivity index (χ0n) is 12.2. The molecule has 0 spiro atoms. The predicted octanol–water partition coefficient (Wildman–Crippen LogP) is 4.40. The van der Waals surface area contributed by atoms with Crippen LogP contribution in [-0.4, -0.2) is 5.91 Å². The highest BCUT2D eigenvalue weighted by Gasteiger charge is 2.16. The highest BCUT2D eigenvalue weighted by molar-refractivity contribution is 7.21. The molecule has 0 saturated heterocycles. The molecular weight excluding hydrogens is 329 g/mol. The number of hydrogen-bond donors (Lipinski definition) is 1.